The van der Waals surface area contributed by atoms with Gasteiger partial charge in [0.2, 0.25) is 0 Å². The summed E-state index contributed by atoms with van der Waals surface area (Å²) in [5.41, 5.74) is 0. The SMILES string of the molecule is CC(C)NCC(C(C)C)N1CCS(=O)CC1. The monoisotopic (exact) mass is 246 g/mol. The molecule has 1 atom stereocenters. The fourth-order valence-corrected chi connectivity index (χ4v) is 3.21. The molecule has 0 bridgehead atoms. The summed E-state index contributed by atoms with van der Waals surface area (Å²) in [5, 5.41) is 3.52. The van der Waals surface area contributed by atoms with E-state index in [1.165, 1.54) is 0 Å². The van der Waals surface area contributed by atoms with E-state index >= 15 is 0 Å². The molecule has 0 aromatic rings. The number of rotatable bonds is 5. The number of nitrogens with one attached hydrogen (secondary N) is 1. The maximum atomic E-state index is 11.3. The molecule has 0 aliphatic carbocycles. The van der Waals surface area contributed by atoms with Crippen molar-refractivity contribution in [3.8, 4) is 0 Å². The Balaban J connectivity index is 2.46. The van der Waals surface area contributed by atoms with E-state index in [4.69, 9.17) is 0 Å². The van der Waals surface area contributed by atoms with E-state index in [0.29, 0.717) is 18.0 Å². The lowest BCUT2D eigenvalue weighted by Gasteiger charge is -2.37. The van der Waals surface area contributed by atoms with Gasteiger partial charge in [0.15, 0.2) is 0 Å². The standard InChI is InChI=1S/C12H26N2OS/c1-10(2)12(9-13-11(3)4)14-5-7-16(15)8-6-14/h10-13H,5-9H2,1-4H3. The van der Waals surface area contributed by atoms with Crippen LogP contribution >= 0.6 is 0 Å². The first-order valence-electron chi connectivity index (χ1n) is 6.33. The molecule has 1 aliphatic heterocycles. The van der Waals surface area contributed by atoms with Gasteiger partial charge in [-0.2, -0.15) is 0 Å². The van der Waals surface area contributed by atoms with Gasteiger partial charge in [0.1, 0.15) is 0 Å². The first kappa shape index (κ1) is 14.1. The van der Waals surface area contributed by atoms with Crippen molar-refractivity contribution in [1.82, 2.24) is 10.2 Å². The highest BCUT2D eigenvalue weighted by atomic mass is 32.2. The predicted molar refractivity (Wildman–Crippen MR) is 71.2 cm³/mol. The van der Waals surface area contributed by atoms with Crippen molar-refractivity contribution in [2.24, 2.45) is 5.92 Å². The van der Waals surface area contributed by atoms with E-state index in [-0.39, 0.29) is 0 Å². The van der Waals surface area contributed by atoms with Crippen LogP contribution in [0, 0.1) is 5.92 Å². The molecular weight excluding hydrogens is 220 g/mol. The van der Waals surface area contributed by atoms with Crippen LogP contribution in [0.3, 0.4) is 0 Å². The molecule has 0 spiro atoms. The first-order chi connectivity index (χ1) is 7.50. The Morgan fingerprint density at radius 2 is 1.75 bits per heavy atom. The second-order valence-electron chi connectivity index (χ2n) is 5.26. The summed E-state index contributed by atoms with van der Waals surface area (Å²) in [4.78, 5) is 2.50. The molecular formula is C12H26N2OS. The van der Waals surface area contributed by atoms with Gasteiger partial charge in [-0.1, -0.05) is 27.7 Å². The molecule has 1 fully saturated rings. The molecule has 4 heteroatoms. The van der Waals surface area contributed by atoms with Gasteiger partial charge in [-0.05, 0) is 5.92 Å². The van der Waals surface area contributed by atoms with Gasteiger partial charge in [-0.25, -0.2) is 0 Å². The summed E-state index contributed by atoms with van der Waals surface area (Å²) in [6.07, 6.45) is 0. The summed E-state index contributed by atoms with van der Waals surface area (Å²) in [6.45, 7) is 12.0. The van der Waals surface area contributed by atoms with E-state index < -0.39 is 10.8 Å². The van der Waals surface area contributed by atoms with E-state index in [1.807, 2.05) is 0 Å². The number of nitrogens with zero attached hydrogens (tertiary/aromatic N) is 1. The topological polar surface area (TPSA) is 32.3 Å². The molecule has 0 aromatic carbocycles. The van der Waals surface area contributed by atoms with Gasteiger partial charge in [-0.3, -0.25) is 9.11 Å². The van der Waals surface area contributed by atoms with E-state index in [0.717, 1.165) is 31.1 Å². The van der Waals surface area contributed by atoms with Gasteiger partial charge in [0.25, 0.3) is 0 Å². The molecule has 1 aliphatic rings. The molecule has 96 valence electrons. The minimum absolute atomic E-state index is 0.542. The maximum absolute atomic E-state index is 11.3. The Labute approximate surface area is 102 Å². The van der Waals surface area contributed by atoms with Gasteiger partial charge >= 0.3 is 0 Å². The van der Waals surface area contributed by atoms with E-state index in [2.05, 4.69) is 37.9 Å². The highest BCUT2D eigenvalue weighted by Crippen LogP contribution is 2.13. The molecule has 0 amide bonds. The van der Waals surface area contributed by atoms with Crippen molar-refractivity contribution in [1.29, 1.82) is 0 Å². The zero-order valence-corrected chi connectivity index (χ0v) is 11.8. The van der Waals surface area contributed by atoms with Crippen molar-refractivity contribution in [2.75, 3.05) is 31.1 Å². The summed E-state index contributed by atoms with van der Waals surface area (Å²) >= 11 is 0. The molecule has 1 unspecified atom stereocenters. The van der Waals surface area contributed by atoms with Crippen molar-refractivity contribution >= 4 is 10.8 Å². The summed E-state index contributed by atoms with van der Waals surface area (Å²) in [7, 11) is -0.565. The van der Waals surface area contributed by atoms with Gasteiger partial charge in [-0.15, -0.1) is 0 Å². The summed E-state index contributed by atoms with van der Waals surface area (Å²) < 4.78 is 11.3. The highest BCUT2D eigenvalue weighted by molar-refractivity contribution is 7.85. The molecule has 16 heavy (non-hydrogen) atoms. The van der Waals surface area contributed by atoms with Crippen molar-refractivity contribution < 1.29 is 4.21 Å². The fourth-order valence-electron chi connectivity index (χ4n) is 2.13. The van der Waals surface area contributed by atoms with Crippen LogP contribution in [-0.2, 0) is 10.8 Å². The molecule has 1 heterocycles. The Morgan fingerprint density at radius 3 is 2.19 bits per heavy atom. The quantitative estimate of drug-likeness (QED) is 0.788. The van der Waals surface area contributed by atoms with Crippen molar-refractivity contribution in [3.63, 3.8) is 0 Å². The molecule has 0 aromatic heterocycles. The fraction of sp³-hybridized carbons (Fsp3) is 1.00. The van der Waals surface area contributed by atoms with Crippen LogP contribution in [0.15, 0.2) is 0 Å². The largest absolute Gasteiger partial charge is 0.313 e. The first-order valence-corrected chi connectivity index (χ1v) is 7.82. The third kappa shape index (κ3) is 4.52. The van der Waals surface area contributed by atoms with Gasteiger partial charge < -0.3 is 5.32 Å². The second kappa shape index (κ2) is 6.72. The lowest BCUT2D eigenvalue weighted by atomic mass is 10.0. The van der Waals surface area contributed by atoms with Crippen LogP contribution in [0.25, 0.3) is 0 Å². The van der Waals surface area contributed by atoms with Crippen LogP contribution in [0.1, 0.15) is 27.7 Å². The average molecular weight is 246 g/mol. The zero-order chi connectivity index (χ0) is 12.1. The number of hydrogen-bond acceptors (Lipinski definition) is 3. The maximum Gasteiger partial charge on any atom is 0.0363 e. The third-order valence-electron chi connectivity index (χ3n) is 3.19. The van der Waals surface area contributed by atoms with Crippen LogP contribution < -0.4 is 5.32 Å². The molecule has 1 saturated heterocycles. The minimum Gasteiger partial charge on any atom is -0.313 e. The lowest BCUT2D eigenvalue weighted by molar-refractivity contribution is 0.163. The molecule has 3 nitrogen and oxygen atoms in total. The Bertz CT molecular complexity index is 221. The highest BCUT2D eigenvalue weighted by Gasteiger charge is 2.25. The Hall–Kier alpha value is 0.0700. The van der Waals surface area contributed by atoms with Crippen LogP contribution in [-0.4, -0.2) is 52.3 Å². The normalized spacial score (nSPS) is 21.9. The second-order valence-corrected chi connectivity index (χ2v) is 6.95. The Kier molecular flexibility index (Phi) is 5.94. The van der Waals surface area contributed by atoms with Gasteiger partial charge in [0, 0.05) is 54.0 Å². The molecule has 1 N–H and O–H groups in total. The van der Waals surface area contributed by atoms with Crippen LogP contribution in [0.4, 0.5) is 0 Å². The molecule has 0 radical (unpaired) electrons. The smallest absolute Gasteiger partial charge is 0.0363 e. The predicted octanol–water partition coefficient (Wildman–Crippen LogP) is 1.07. The van der Waals surface area contributed by atoms with Crippen molar-refractivity contribution in [2.45, 2.75) is 39.8 Å². The van der Waals surface area contributed by atoms with E-state index in [1.54, 1.807) is 0 Å². The van der Waals surface area contributed by atoms with Crippen LogP contribution in [0.2, 0.25) is 0 Å². The molecule has 0 saturated carbocycles. The van der Waals surface area contributed by atoms with Crippen LogP contribution in [0.5, 0.6) is 0 Å². The summed E-state index contributed by atoms with van der Waals surface area (Å²) in [6, 6.07) is 1.12. The van der Waals surface area contributed by atoms with Gasteiger partial charge in [0.05, 0.1) is 0 Å². The number of hydrogen-bond donors (Lipinski definition) is 1. The Morgan fingerprint density at radius 1 is 1.19 bits per heavy atom. The molecule has 1 rings (SSSR count). The minimum atomic E-state index is -0.565. The zero-order valence-electron chi connectivity index (χ0n) is 11.0. The average Bonchev–Trinajstić information content (AvgIpc) is 2.20. The summed E-state index contributed by atoms with van der Waals surface area (Å²) in [5.74, 6) is 2.35. The van der Waals surface area contributed by atoms with E-state index in [9.17, 15) is 4.21 Å². The lowest BCUT2D eigenvalue weighted by Crippen LogP contribution is -2.51. The van der Waals surface area contributed by atoms with Crippen molar-refractivity contribution in [3.05, 3.63) is 0 Å². The third-order valence-corrected chi connectivity index (χ3v) is 4.46.